The molecular weight excluding hydrogens is 411 g/mol. The Bertz CT molecular complexity index is 988. The summed E-state index contributed by atoms with van der Waals surface area (Å²) in [6.45, 7) is 0.339. The molecule has 1 aromatic rings. The fourth-order valence-electron chi connectivity index (χ4n) is 4.70. The van der Waals surface area contributed by atoms with Gasteiger partial charge in [-0.2, -0.15) is 21.6 Å². The molecule has 2 fully saturated rings. The van der Waals surface area contributed by atoms with Crippen molar-refractivity contribution in [3.63, 3.8) is 0 Å². The number of alkyl halides is 3. The van der Waals surface area contributed by atoms with Crippen molar-refractivity contribution >= 4 is 22.3 Å². The van der Waals surface area contributed by atoms with E-state index in [0.29, 0.717) is 30.4 Å². The normalized spacial score (nSPS) is 28.2. The van der Waals surface area contributed by atoms with Gasteiger partial charge in [0.25, 0.3) is 0 Å². The van der Waals surface area contributed by atoms with Crippen molar-refractivity contribution in [1.82, 2.24) is 0 Å². The molecule has 1 unspecified atom stereocenters. The van der Waals surface area contributed by atoms with Gasteiger partial charge in [0.15, 0.2) is 0 Å². The molecule has 158 valence electrons. The second kappa shape index (κ2) is 6.65. The van der Waals surface area contributed by atoms with Crippen LogP contribution >= 0.6 is 0 Å². The molecule has 3 aliphatic rings. The molecule has 0 radical (unpaired) electrons. The fraction of sp³-hybridized carbons (Fsp3) is 0.526. The Morgan fingerprint density at radius 3 is 2.69 bits per heavy atom. The number of hydrogen-bond donors (Lipinski definition) is 1. The number of hydrogen-bond acceptors (Lipinski definition) is 5. The van der Waals surface area contributed by atoms with Crippen LogP contribution in [0.5, 0.6) is 0 Å². The lowest BCUT2D eigenvalue weighted by Crippen LogP contribution is -2.25. The first-order valence-electron chi connectivity index (χ1n) is 9.27. The number of halogens is 3. The second-order valence-electron chi connectivity index (χ2n) is 7.98. The third-order valence-electron chi connectivity index (χ3n) is 6.25. The molecule has 0 spiro atoms. The molecule has 0 aromatic heterocycles. The lowest BCUT2D eigenvalue weighted by atomic mass is 9.88. The molecule has 29 heavy (non-hydrogen) atoms. The van der Waals surface area contributed by atoms with E-state index in [1.165, 1.54) is 6.08 Å². The van der Waals surface area contributed by atoms with Crippen LogP contribution < -0.4 is 5.73 Å². The van der Waals surface area contributed by atoms with Crippen LogP contribution in [0, 0.1) is 11.3 Å². The Balaban J connectivity index is 1.48. The Morgan fingerprint density at radius 1 is 1.28 bits per heavy atom. The van der Waals surface area contributed by atoms with Gasteiger partial charge in [0.1, 0.15) is 5.76 Å². The van der Waals surface area contributed by atoms with Crippen molar-refractivity contribution in [2.24, 2.45) is 17.1 Å². The van der Waals surface area contributed by atoms with Gasteiger partial charge in [-0.3, -0.25) is 0 Å². The summed E-state index contributed by atoms with van der Waals surface area (Å²) >= 11 is 0. The summed E-state index contributed by atoms with van der Waals surface area (Å²) in [4.78, 5) is 10.9. The predicted molar refractivity (Wildman–Crippen MR) is 96.9 cm³/mol. The Morgan fingerprint density at radius 2 is 2.03 bits per heavy atom. The van der Waals surface area contributed by atoms with Gasteiger partial charge in [0, 0.05) is 11.8 Å². The quantitative estimate of drug-likeness (QED) is 0.565. The highest BCUT2D eigenvalue weighted by atomic mass is 32.2. The van der Waals surface area contributed by atoms with Crippen LogP contribution in [0.25, 0.3) is 6.08 Å². The third-order valence-corrected chi connectivity index (χ3v) is 7.25. The fourth-order valence-corrected chi connectivity index (χ4v) is 5.21. The molecule has 0 heterocycles. The number of aryl methyl sites for hydroxylation is 1. The average Bonchev–Trinajstić information content (AvgIpc) is 3.23. The molecule has 6 nitrogen and oxygen atoms in total. The molecule has 2 N–H and O–H groups in total. The molecule has 1 amide bonds. The van der Waals surface area contributed by atoms with Gasteiger partial charge in [0.2, 0.25) is 0 Å². The molecule has 10 heteroatoms. The summed E-state index contributed by atoms with van der Waals surface area (Å²) in [7, 11) is -5.65. The number of carbonyl (C=O) groups excluding carboxylic acids is 1. The first-order chi connectivity index (χ1) is 13.5. The van der Waals surface area contributed by atoms with E-state index < -0.39 is 21.7 Å². The number of amides is 1. The van der Waals surface area contributed by atoms with Crippen molar-refractivity contribution in [2.45, 2.75) is 43.5 Å². The molecule has 3 atom stereocenters. The minimum absolute atomic E-state index is 0.0163. The molecule has 1 aromatic carbocycles. The molecule has 0 saturated heterocycles. The van der Waals surface area contributed by atoms with Crippen molar-refractivity contribution in [1.29, 1.82) is 0 Å². The van der Waals surface area contributed by atoms with E-state index in [4.69, 9.17) is 10.5 Å². The van der Waals surface area contributed by atoms with Gasteiger partial charge in [0.05, 0.1) is 6.61 Å². The summed E-state index contributed by atoms with van der Waals surface area (Å²) in [6.07, 6.45) is 3.98. The van der Waals surface area contributed by atoms with Crippen LogP contribution in [0.3, 0.4) is 0 Å². The van der Waals surface area contributed by atoms with E-state index in [2.05, 4.69) is 4.18 Å². The van der Waals surface area contributed by atoms with Crippen molar-refractivity contribution in [2.75, 3.05) is 6.61 Å². The summed E-state index contributed by atoms with van der Waals surface area (Å²) in [5.41, 5.74) is 2.39. The number of benzene rings is 1. The largest absolute Gasteiger partial charge is 0.534 e. The summed E-state index contributed by atoms with van der Waals surface area (Å²) in [6, 6.07) is 5.75. The van der Waals surface area contributed by atoms with Crippen LogP contribution in [-0.2, 0) is 25.5 Å². The molecular formula is C19H20F3NO5S. The van der Waals surface area contributed by atoms with E-state index in [0.717, 1.165) is 30.4 Å². The second-order valence-corrected chi connectivity index (χ2v) is 9.52. The molecule has 4 rings (SSSR count). The van der Waals surface area contributed by atoms with Crippen molar-refractivity contribution in [3.8, 4) is 0 Å². The molecule has 0 bridgehead atoms. The maximum atomic E-state index is 12.5. The van der Waals surface area contributed by atoms with E-state index in [-0.39, 0.29) is 17.6 Å². The number of rotatable bonds is 5. The number of primary amides is 1. The smallest absolute Gasteiger partial charge is 0.449 e. The average molecular weight is 431 g/mol. The first-order valence-corrected chi connectivity index (χ1v) is 10.7. The van der Waals surface area contributed by atoms with E-state index >= 15 is 0 Å². The summed E-state index contributed by atoms with van der Waals surface area (Å²) in [5, 5.41) is 0. The van der Waals surface area contributed by atoms with Gasteiger partial charge in [-0.05, 0) is 60.3 Å². The summed E-state index contributed by atoms with van der Waals surface area (Å²) < 4.78 is 69.2. The number of nitrogens with two attached hydrogens (primary N) is 1. The zero-order valence-corrected chi connectivity index (χ0v) is 16.2. The Kier molecular flexibility index (Phi) is 4.60. The van der Waals surface area contributed by atoms with Gasteiger partial charge < -0.3 is 14.7 Å². The number of carbonyl (C=O) groups is 1. The molecule has 0 aliphatic heterocycles. The van der Waals surface area contributed by atoms with Gasteiger partial charge in [-0.1, -0.05) is 18.2 Å². The topological polar surface area (TPSA) is 95.7 Å². The zero-order chi connectivity index (χ0) is 21.0. The Hall–Kier alpha value is -2.23. The minimum atomic E-state index is -5.65. The summed E-state index contributed by atoms with van der Waals surface area (Å²) in [5.74, 6) is 0.548. The lowest BCUT2D eigenvalue weighted by molar-refractivity contribution is -0.0522. The first kappa shape index (κ1) is 20.1. The zero-order valence-electron chi connectivity index (χ0n) is 15.4. The van der Waals surface area contributed by atoms with Crippen LogP contribution in [0.4, 0.5) is 18.0 Å². The third kappa shape index (κ3) is 3.70. The monoisotopic (exact) mass is 431 g/mol. The van der Waals surface area contributed by atoms with Crippen LogP contribution in [0.2, 0.25) is 0 Å². The lowest BCUT2D eigenvalue weighted by Gasteiger charge is -2.20. The maximum Gasteiger partial charge on any atom is 0.534 e. The van der Waals surface area contributed by atoms with Crippen LogP contribution in [0.1, 0.15) is 48.3 Å². The number of fused-ring (bicyclic) bond motifs is 2. The number of allylic oxidation sites excluding steroid dienone is 1. The van der Waals surface area contributed by atoms with Gasteiger partial charge >= 0.3 is 21.7 Å². The van der Waals surface area contributed by atoms with Gasteiger partial charge in [-0.15, -0.1) is 0 Å². The highest BCUT2D eigenvalue weighted by Crippen LogP contribution is 2.69. The number of ether oxygens (including phenoxy) is 1. The standard InChI is InChI=1S/C19H20F3NO5S/c20-19(21,22)29(25,26)28-14-4-3-11-7-13(2-1-12(11)8-14)15-5-6-18(9-16(15)18)10-27-17(23)24/h1-2,7-8,15-16H,3-6,9-10H2,(H2,23,24)/t15-,16?,18-/m0/s1. The highest BCUT2D eigenvalue weighted by Gasteiger charge is 2.62. The van der Waals surface area contributed by atoms with E-state index in [1.54, 1.807) is 6.07 Å². The molecule has 2 saturated carbocycles. The molecule has 3 aliphatic carbocycles. The van der Waals surface area contributed by atoms with Crippen LogP contribution in [-0.4, -0.2) is 26.6 Å². The van der Waals surface area contributed by atoms with E-state index in [1.807, 2.05) is 12.1 Å². The SMILES string of the molecule is NC(=O)OC[C@@]12CC[C@@H](c3ccc4c(c3)CCC(OS(=O)(=O)C(F)(F)F)=C4)C1C2. The van der Waals surface area contributed by atoms with Crippen molar-refractivity contribution < 1.29 is 35.3 Å². The Labute approximate surface area is 166 Å². The maximum absolute atomic E-state index is 12.5. The minimum Gasteiger partial charge on any atom is -0.449 e. The van der Waals surface area contributed by atoms with Crippen molar-refractivity contribution in [3.05, 3.63) is 40.6 Å². The highest BCUT2D eigenvalue weighted by molar-refractivity contribution is 7.87. The predicted octanol–water partition coefficient (Wildman–Crippen LogP) is 3.82. The van der Waals surface area contributed by atoms with Gasteiger partial charge in [-0.25, -0.2) is 4.79 Å². The van der Waals surface area contributed by atoms with Crippen LogP contribution in [0.15, 0.2) is 24.0 Å². The van der Waals surface area contributed by atoms with E-state index in [9.17, 15) is 26.4 Å².